The van der Waals surface area contributed by atoms with Gasteiger partial charge in [0.1, 0.15) is 12.0 Å². The Bertz CT molecular complexity index is 449. The number of carbonyl (C=O) groups excluding carboxylic acids is 1. The van der Waals surface area contributed by atoms with Crippen molar-refractivity contribution < 1.29 is 4.79 Å². The van der Waals surface area contributed by atoms with E-state index in [-0.39, 0.29) is 5.78 Å². The van der Waals surface area contributed by atoms with Gasteiger partial charge >= 0.3 is 0 Å². The molecular formula is C9H8N4O. The van der Waals surface area contributed by atoms with E-state index in [4.69, 9.17) is 0 Å². The molecule has 0 radical (unpaired) electrons. The van der Waals surface area contributed by atoms with E-state index in [1.54, 1.807) is 17.9 Å². The highest BCUT2D eigenvalue weighted by Crippen LogP contribution is 2.05. The van der Waals surface area contributed by atoms with Crippen LogP contribution >= 0.6 is 0 Å². The van der Waals surface area contributed by atoms with Gasteiger partial charge in [0.25, 0.3) is 0 Å². The fourth-order valence-electron chi connectivity index (χ4n) is 1.14. The summed E-state index contributed by atoms with van der Waals surface area (Å²) in [6, 6.07) is 0. The Balaban J connectivity index is 2.39. The quantitative estimate of drug-likeness (QED) is 0.641. The average molecular weight is 188 g/mol. The molecule has 5 nitrogen and oxygen atoms in total. The van der Waals surface area contributed by atoms with Crippen LogP contribution in [0.15, 0.2) is 31.2 Å². The molecule has 0 aliphatic carbocycles. The molecule has 14 heavy (non-hydrogen) atoms. The normalized spacial score (nSPS) is 10.1. The fraction of sp³-hybridized carbons (Fsp3) is 0.111. The Hall–Kier alpha value is -2.04. The first-order valence-corrected chi connectivity index (χ1v) is 4.05. The zero-order chi connectivity index (χ0) is 9.97. The zero-order valence-corrected chi connectivity index (χ0v) is 7.58. The maximum absolute atomic E-state index is 11.8. The van der Waals surface area contributed by atoms with E-state index in [0.717, 1.165) is 0 Å². The van der Waals surface area contributed by atoms with Crippen LogP contribution in [-0.2, 0) is 7.05 Å². The number of ketones is 1. The Morgan fingerprint density at radius 1 is 1.21 bits per heavy atom. The lowest BCUT2D eigenvalue weighted by Gasteiger charge is -1.99. The fourth-order valence-corrected chi connectivity index (χ4v) is 1.14. The lowest BCUT2D eigenvalue weighted by atomic mass is 10.2. The summed E-state index contributed by atoms with van der Waals surface area (Å²) >= 11 is 0. The molecule has 0 bridgehead atoms. The largest absolute Gasteiger partial charge is 0.331 e. The van der Waals surface area contributed by atoms with Gasteiger partial charge < -0.3 is 4.57 Å². The average Bonchev–Trinajstić information content (AvgIpc) is 2.65. The summed E-state index contributed by atoms with van der Waals surface area (Å²) in [5.41, 5.74) is 0.996. The molecule has 0 aromatic carbocycles. The number of imidazole rings is 1. The standard InChI is InChI=1S/C9H8N4O/c1-13-6-12-4-8(13)9(14)7-2-10-5-11-3-7/h2-6H,1H3. The summed E-state index contributed by atoms with van der Waals surface area (Å²) < 4.78 is 1.66. The summed E-state index contributed by atoms with van der Waals surface area (Å²) in [6.45, 7) is 0. The van der Waals surface area contributed by atoms with Crippen molar-refractivity contribution in [1.82, 2.24) is 19.5 Å². The maximum Gasteiger partial charge on any atom is 0.214 e. The molecule has 2 rings (SSSR count). The number of rotatable bonds is 2. The minimum absolute atomic E-state index is 0.120. The summed E-state index contributed by atoms with van der Waals surface area (Å²) in [6.07, 6.45) is 7.47. The number of carbonyl (C=O) groups is 1. The Morgan fingerprint density at radius 2 is 1.93 bits per heavy atom. The molecule has 0 fully saturated rings. The monoisotopic (exact) mass is 188 g/mol. The van der Waals surface area contributed by atoms with Crippen LogP contribution in [0.25, 0.3) is 0 Å². The predicted octanol–water partition coefficient (Wildman–Crippen LogP) is 0.441. The van der Waals surface area contributed by atoms with Crippen molar-refractivity contribution in [1.29, 1.82) is 0 Å². The van der Waals surface area contributed by atoms with Crippen molar-refractivity contribution in [3.63, 3.8) is 0 Å². The Morgan fingerprint density at radius 3 is 2.50 bits per heavy atom. The van der Waals surface area contributed by atoms with Gasteiger partial charge in [-0.3, -0.25) is 4.79 Å². The minimum Gasteiger partial charge on any atom is -0.331 e. The summed E-state index contributed by atoms with van der Waals surface area (Å²) in [4.78, 5) is 23.2. The van der Waals surface area contributed by atoms with Crippen LogP contribution in [0.2, 0.25) is 0 Å². The number of nitrogens with zero attached hydrogens (tertiary/aromatic N) is 4. The van der Waals surface area contributed by atoms with Crippen LogP contribution in [0.4, 0.5) is 0 Å². The highest BCUT2D eigenvalue weighted by Gasteiger charge is 2.12. The molecule has 0 unspecified atom stereocenters. The van der Waals surface area contributed by atoms with Crippen molar-refractivity contribution in [2.75, 3.05) is 0 Å². The number of hydrogen-bond acceptors (Lipinski definition) is 4. The smallest absolute Gasteiger partial charge is 0.214 e. The first-order chi connectivity index (χ1) is 6.79. The van der Waals surface area contributed by atoms with Crippen LogP contribution < -0.4 is 0 Å². The molecule has 70 valence electrons. The maximum atomic E-state index is 11.8. The van der Waals surface area contributed by atoms with Gasteiger partial charge in [0.2, 0.25) is 5.78 Å². The van der Waals surface area contributed by atoms with E-state index in [2.05, 4.69) is 15.0 Å². The van der Waals surface area contributed by atoms with Crippen LogP contribution in [0, 0.1) is 0 Å². The molecule has 0 spiro atoms. The molecule has 0 N–H and O–H groups in total. The lowest BCUT2D eigenvalue weighted by molar-refractivity contribution is 0.103. The Kier molecular flexibility index (Phi) is 2.06. The molecule has 5 heteroatoms. The number of aromatic nitrogens is 4. The SMILES string of the molecule is Cn1cncc1C(=O)c1cncnc1. The molecule has 2 aromatic heterocycles. The third kappa shape index (κ3) is 1.39. The van der Waals surface area contributed by atoms with Crippen LogP contribution in [-0.4, -0.2) is 25.3 Å². The molecule has 2 aromatic rings. The second kappa shape index (κ2) is 3.37. The van der Waals surface area contributed by atoms with Gasteiger partial charge in [-0.15, -0.1) is 0 Å². The molecule has 0 aliphatic rings. The second-order valence-electron chi connectivity index (χ2n) is 2.85. The third-order valence-electron chi connectivity index (χ3n) is 1.87. The van der Waals surface area contributed by atoms with E-state index in [0.29, 0.717) is 11.3 Å². The third-order valence-corrected chi connectivity index (χ3v) is 1.87. The van der Waals surface area contributed by atoms with E-state index in [9.17, 15) is 4.79 Å². The second-order valence-corrected chi connectivity index (χ2v) is 2.85. The van der Waals surface area contributed by atoms with E-state index >= 15 is 0 Å². The molecule has 0 atom stereocenters. The Labute approximate surface area is 80.5 Å². The van der Waals surface area contributed by atoms with Crippen LogP contribution in [0.5, 0.6) is 0 Å². The van der Waals surface area contributed by atoms with Gasteiger partial charge in [0.05, 0.1) is 18.1 Å². The van der Waals surface area contributed by atoms with E-state index < -0.39 is 0 Å². The van der Waals surface area contributed by atoms with Crippen LogP contribution in [0.1, 0.15) is 16.1 Å². The number of aryl methyl sites for hydroxylation is 1. The molecule has 0 saturated heterocycles. The molecule has 2 heterocycles. The summed E-state index contributed by atoms with van der Waals surface area (Å²) in [5, 5.41) is 0. The number of hydrogen-bond donors (Lipinski definition) is 0. The zero-order valence-electron chi connectivity index (χ0n) is 7.58. The first-order valence-electron chi connectivity index (χ1n) is 4.05. The molecule has 0 amide bonds. The van der Waals surface area contributed by atoms with Gasteiger partial charge in [-0.05, 0) is 0 Å². The van der Waals surface area contributed by atoms with Gasteiger partial charge in [0, 0.05) is 19.4 Å². The van der Waals surface area contributed by atoms with Crippen molar-refractivity contribution in [3.05, 3.63) is 42.5 Å². The molecule has 0 saturated carbocycles. The molecule has 0 aliphatic heterocycles. The van der Waals surface area contributed by atoms with Gasteiger partial charge in [0.15, 0.2) is 0 Å². The van der Waals surface area contributed by atoms with Gasteiger partial charge in [-0.25, -0.2) is 15.0 Å². The van der Waals surface area contributed by atoms with Gasteiger partial charge in [-0.2, -0.15) is 0 Å². The predicted molar refractivity (Wildman–Crippen MR) is 48.7 cm³/mol. The highest BCUT2D eigenvalue weighted by molar-refractivity contribution is 6.07. The summed E-state index contributed by atoms with van der Waals surface area (Å²) in [7, 11) is 1.77. The molecular weight excluding hydrogens is 180 g/mol. The minimum atomic E-state index is -0.120. The van der Waals surface area contributed by atoms with E-state index in [1.165, 1.54) is 24.9 Å². The van der Waals surface area contributed by atoms with E-state index in [1.807, 2.05) is 0 Å². The first kappa shape index (κ1) is 8.55. The van der Waals surface area contributed by atoms with Crippen LogP contribution in [0.3, 0.4) is 0 Å². The van der Waals surface area contributed by atoms with Gasteiger partial charge in [-0.1, -0.05) is 0 Å². The highest BCUT2D eigenvalue weighted by atomic mass is 16.1. The van der Waals surface area contributed by atoms with Crippen molar-refractivity contribution in [3.8, 4) is 0 Å². The lowest BCUT2D eigenvalue weighted by Crippen LogP contribution is -2.07. The van der Waals surface area contributed by atoms with Crippen molar-refractivity contribution in [2.24, 2.45) is 7.05 Å². The summed E-state index contributed by atoms with van der Waals surface area (Å²) in [5.74, 6) is -0.120. The topological polar surface area (TPSA) is 60.7 Å². The van der Waals surface area contributed by atoms with Crippen molar-refractivity contribution >= 4 is 5.78 Å². The van der Waals surface area contributed by atoms with Crippen molar-refractivity contribution in [2.45, 2.75) is 0 Å².